The molecule has 0 saturated carbocycles. The fourth-order valence-corrected chi connectivity index (χ4v) is 3.42. The Labute approximate surface area is 147 Å². The highest BCUT2D eigenvalue weighted by Gasteiger charge is 2.34. The van der Waals surface area contributed by atoms with Crippen LogP contribution in [0, 0.1) is 0 Å². The van der Waals surface area contributed by atoms with Crippen LogP contribution in [0.3, 0.4) is 0 Å². The number of furan rings is 1. The average molecular weight is 364 g/mol. The third kappa shape index (κ3) is 3.47. The van der Waals surface area contributed by atoms with Gasteiger partial charge in [-0.25, -0.2) is 5.01 Å². The van der Waals surface area contributed by atoms with Gasteiger partial charge >= 0.3 is 0 Å². The van der Waals surface area contributed by atoms with Crippen LogP contribution in [0.15, 0.2) is 45.9 Å². The lowest BCUT2D eigenvalue weighted by atomic mass is 10.2. The minimum Gasteiger partial charge on any atom is -0.458 e. The fourth-order valence-electron chi connectivity index (χ4n) is 2.20. The van der Waals surface area contributed by atoms with Gasteiger partial charge in [0, 0.05) is 24.4 Å². The van der Waals surface area contributed by atoms with E-state index in [0.717, 1.165) is 5.56 Å². The summed E-state index contributed by atoms with van der Waals surface area (Å²) in [6.07, 6.45) is 0. The van der Waals surface area contributed by atoms with Gasteiger partial charge in [0.15, 0.2) is 10.5 Å². The van der Waals surface area contributed by atoms with Crippen molar-refractivity contribution in [2.45, 2.75) is 19.2 Å². The molecule has 24 heavy (non-hydrogen) atoms. The smallest absolute Gasteiger partial charge is 0.241 e. The Hall–Kier alpha value is -2.25. The predicted octanol–water partition coefficient (Wildman–Crippen LogP) is 3.60. The number of halogens is 1. The Balaban J connectivity index is 1.85. The first kappa shape index (κ1) is 16.6. The number of thioether (sulfide) groups is 1. The molecule has 1 aromatic carbocycles. The van der Waals surface area contributed by atoms with Crippen LogP contribution >= 0.6 is 23.4 Å². The van der Waals surface area contributed by atoms with Crippen LogP contribution in [0.4, 0.5) is 0 Å². The zero-order valence-electron chi connectivity index (χ0n) is 12.9. The molecule has 1 atom stereocenters. The van der Waals surface area contributed by atoms with E-state index in [4.69, 9.17) is 16.0 Å². The van der Waals surface area contributed by atoms with Gasteiger partial charge in [0.05, 0.1) is 0 Å². The van der Waals surface area contributed by atoms with Crippen molar-refractivity contribution in [2.24, 2.45) is 5.10 Å². The maximum atomic E-state index is 11.8. The first-order valence-corrected chi connectivity index (χ1v) is 8.38. The van der Waals surface area contributed by atoms with Gasteiger partial charge in [0.1, 0.15) is 11.5 Å². The number of benzene rings is 1. The number of carbonyl (C=O) groups excluding carboxylic acids is 2. The normalized spacial score (nSPS) is 16.9. The number of carbonyl (C=O) groups is 2. The summed E-state index contributed by atoms with van der Waals surface area (Å²) >= 11 is 7.14. The van der Waals surface area contributed by atoms with Gasteiger partial charge in [-0.2, -0.15) is 0 Å². The van der Waals surface area contributed by atoms with Crippen molar-refractivity contribution in [1.29, 1.82) is 0 Å². The van der Waals surface area contributed by atoms with Crippen molar-refractivity contribution < 1.29 is 14.0 Å². The van der Waals surface area contributed by atoms with Crippen molar-refractivity contribution in [2.75, 3.05) is 0 Å². The van der Waals surface area contributed by atoms with Gasteiger partial charge in [-0.1, -0.05) is 23.4 Å². The molecule has 2 heterocycles. The van der Waals surface area contributed by atoms with E-state index >= 15 is 0 Å². The lowest BCUT2D eigenvalue weighted by molar-refractivity contribution is -0.129. The molecule has 1 N–H and O–H groups in total. The van der Waals surface area contributed by atoms with Crippen LogP contribution in [-0.4, -0.2) is 22.0 Å². The molecule has 8 heteroatoms. The molecule has 2 aromatic rings. The SMILES string of the molecule is CC(=O)NC1=NN(C(C)=O)[C@@H](c2ccc(-c3ccc(Cl)cc3)o2)S1. The average Bonchev–Trinajstić information content (AvgIpc) is 3.14. The van der Waals surface area contributed by atoms with Gasteiger partial charge in [-0.15, -0.1) is 5.10 Å². The number of hydrogen-bond acceptors (Lipinski definition) is 5. The monoisotopic (exact) mass is 363 g/mol. The Morgan fingerprint density at radius 2 is 1.92 bits per heavy atom. The highest BCUT2D eigenvalue weighted by Crippen LogP contribution is 2.40. The minimum atomic E-state index is -0.453. The van der Waals surface area contributed by atoms with E-state index < -0.39 is 5.37 Å². The molecule has 124 valence electrons. The van der Waals surface area contributed by atoms with E-state index in [2.05, 4.69) is 10.4 Å². The summed E-state index contributed by atoms with van der Waals surface area (Å²) in [6.45, 7) is 2.80. The zero-order chi connectivity index (χ0) is 17.3. The lowest BCUT2D eigenvalue weighted by Crippen LogP contribution is -2.25. The molecule has 1 aliphatic rings. The second kappa shape index (κ2) is 6.70. The molecule has 0 unspecified atom stereocenters. The van der Waals surface area contributed by atoms with Crippen LogP contribution in [0.1, 0.15) is 25.0 Å². The molecule has 0 fully saturated rings. The molecule has 0 spiro atoms. The molecule has 1 aromatic heterocycles. The summed E-state index contributed by atoms with van der Waals surface area (Å²) in [5, 5.41) is 8.58. The summed E-state index contributed by atoms with van der Waals surface area (Å²) in [7, 11) is 0. The Morgan fingerprint density at radius 3 is 2.54 bits per heavy atom. The standard InChI is InChI=1S/C16H14ClN3O3S/c1-9(21)18-16-19-20(10(2)22)15(24-16)14-8-7-13(23-14)11-3-5-12(17)6-4-11/h3-8,15H,1-2H3,(H,18,19,21)/t15-/m1/s1. The second-order valence-corrected chi connectivity index (χ2v) is 6.63. The highest BCUT2D eigenvalue weighted by atomic mass is 35.5. The highest BCUT2D eigenvalue weighted by molar-refractivity contribution is 8.14. The van der Waals surface area contributed by atoms with E-state index in [1.54, 1.807) is 18.2 Å². The Kier molecular flexibility index (Phi) is 4.64. The van der Waals surface area contributed by atoms with Gasteiger partial charge in [0.2, 0.25) is 11.8 Å². The first-order valence-electron chi connectivity index (χ1n) is 7.12. The van der Waals surface area contributed by atoms with Crippen LogP contribution in [0.2, 0.25) is 5.02 Å². The fraction of sp³-hybridized carbons (Fsp3) is 0.188. The van der Waals surface area contributed by atoms with Crippen LogP contribution < -0.4 is 5.32 Å². The van der Waals surface area contributed by atoms with Gasteiger partial charge in [-0.3, -0.25) is 9.59 Å². The number of amidine groups is 1. The lowest BCUT2D eigenvalue weighted by Gasteiger charge is -2.16. The van der Waals surface area contributed by atoms with Crippen molar-refractivity contribution in [3.05, 3.63) is 47.2 Å². The maximum absolute atomic E-state index is 11.8. The summed E-state index contributed by atoms with van der Waals surface area (Å²) in [4.78, 5) is 23.0. The molecule has 0 bridgehead atoms. The van der Waals surface area contributed by atoms with Crippen molar-refractivity contribution >= 4 is 40.3 Å². The zero-order valence-corrected chi connectivity index (χ0v) is 14.5. The number of hydrazone groups is 1. The molecule has 2 amide bonds. The number of amides is 2. The minimum absolute atomic E-state index is 0.239. The summed E-state index contributed by atoms with van der Waals surface area (Å²) in [5.74, 6) is 0.756. The summed E-state index contributed by atoms with van der Waals surface area (Å²) in [5.41, 5.74) is 0.881. The largest absolute Gasteiger partial charge is 0.458 e. The predicted molar refractivity (Wildman–Crippen MR) is 93.3 cm³/mol. The summed E-state index contributed by atoms with van der Waals surface area (Å²) < 4.78 is 5.88. The molecular formula is C16H14ClN3O3S. The van der Waals surface area contributed by atoms with E-state index in [1.807, 2.05) is 18.2 Å². The molecule has 1 aliphatic heterocycles. The van der Waals surface area contributed by atoms with Crippen molar-refractivity contribution in [3.63, 3.8) is 0 Å². The van der Waals surface area contributed by atoms with E-state index in [9.17, 15) is 9.59 Å². The van der Waals surface area contributed by atoms with Crippen molar-refractivity contribution in [3.8, 4) is 11.3 Å². The van der Waals surface area contributed by atoms with E-state index in [-0.39, 0.29) is 11.8 Å². The second-order valence-electron chi connectivity index (χ2n) is 5.13. The molecule has 3 rings (SSSR count). The van der Waals surface area contributed by atoms with Crippen LogP contribution in [0.5, 0.6) is 0 Å². The Bertz CT molecular complexity index is 816. The molecule has 0 aliphatic carbocycles. The van der Waals surface area contributed by atoms with Gasteiger partial charge < -0.3 is 9.73 Å². The number of nitrogens with one attached hydrogen (secondary N) is 1. The van der Waals surface area contributed by atoms with Crippen molar-refractivity contribution in [1.82, 2.24) is 10.3 Å². The van der Waals surface area contributed by atoms with E-state index in [1.165, 1.54) is 30.6 Å². The molecule has 6 nitrogen and oxygen atoms in total. The summed E-state index contributed by atoms with van der Waals surface area (Å²) in [6, 6.07) is 10.9. The van der Waals surface area contributed by atoms with Crippen LogP contribution in [0.25, 0.3) is 11.3 Å². The Morgan fingerprint density at radius 1 is 1.21 bits per heavy atom. The number of hydrogen-bond donors (Lipinski definition) is 1. The number of rotatable bonds is 2. The first-order chi connectivity index (χ1) is 11.4. The van der Waals surface area contributed by atoms with Gasteiger partial charge in [0.25, 0.3) is 0 Å². The van der Waals surface area contributed by atoms with Crippen LogP contribution in [-0.2, 0) is 9.59 Å². The molecule has 0 saturated heterocycles. The molecule has 0 radical (unpaired) electrons. The molecular weight excluding hydrogens is 350 g/mol. The topological polar surface area (TPSA) is 74.9 Å². The van der Waals surface area contributed by atoms with Gasteiger partial charge in [-0.05, 0) is 36.4 Å². The maximum Gasteiger partial charge on any atom is 0.241 e. The third-order valence-electron chi connectivity index (χ3n) is 3.25. The number of nitrogens with zero attached hydrogens (tertiary/aromatic N) is 2. The van der Waals surface area contributed by atoms with E-state index in [0.29, 0.717) is 21.7 Å². The quantitative estimate of drug-likeness (QED) is 0.884. The third-order valence-corrected chi connectivity index (χ3v) is 4.56.